The van der Waals surface area contributed by atoms with Gasteiger partial charge in [0, 0.05) is 52.4 Å². The predicted molar refractivity (Wildman–Crippen MR) is 129 cm³/mol. The summed E-state index contributed by atoms with van der Waals surface area (Å²) >= 11 is 0. The molecule has 0 spiro atoms. The first-order valence-electron chi connectivity index (χ1n) is 10.2. The van der Waals surface area contributed by atoms with E-state index in [1.165, 1.54) is 11.1 Å². The Balaban J connectivity index is 0.00000392. The van der Waals surface area contributed by atoms with Crippen LogP contribution in [0.15, 0.2) is 29.3 Å². The highest BCUT2D eigenvalue weighted by Crippen LogP contribution is 2.13. The van der Waals surface area contributed by atoms with Gasteiger partial charge in [-0.25, -0.2) is 0 Å². The maximum atomic E-state index is 5.46. The summed E-state index contributed by atoms with van der Waals surface area (Å²) in [6.07, 6.45) is 0. The Hall–Kier alpha value is -0.900. The molecule has 0 radical (unpaired) electrons. The van der Waals surface area contributed by atoms with E-state index in [0.29, 0.717) is 6.04 Å². The van der Waals surface area contributed by atoms with Crippen LogP contribution >= 0.6 is 24.0 Å². The second-order valence-corrected chi connectivity index (χ2v) is 7.23. The third-order valence-corrected chi connectivity index (χ3v) is 5.11. The molecule has 0 aliphatic carbocycles. The van der Waals surface area contributed by atoms with Crippen LogP contribution in [0.3, 0.4) is 0 Å². The normalized spacial score (nSPS) is 15.6. The van der Waals surface area contributed by atoms with E-state index in [-0.39, 0.29) is 24.0 Å². The minimum atomic E-state index is 0. The monoisotopic (exact) mass is 503 g/mol. The van der Waals surface area contributed by atoms with Gasteiger partial charge in [-0.2, -0.15) is 0 Å². The van der Waals surface area contributed by atoms with Gasteiger partial charge in [0.1, 0.15) is 0 Å². The quantitative estimate of drug-likeness (QED) is 0.308. The maximum Gasteiger partial charge on any atom is 0.191 e. The van der Waals surface area contributed by atoms with E-state index in [1.807, 2.05) is 7.05 Å². The number of nitrogens with zero attached hydrogens (tertiary/aromatic N) is 3. The van der Waals surface area contributed by atoms with Crippen molar-refractivity contribution in [1.29, 1.82) is 0 Å². The first-order chi connectivity index (χ1) is 13.1. The summed E-state index contributed by atoms with van der Waals surface area (Å²) in [4.78, 5) is 9.27. The zero-order chi connectivity index (χ0) is 19.5. The third-order valence-electron chi connectivity index (χ3n) is 5.11. The van der Waals surface area contributed by atoms with Crippen LogP contribution in [0.5, 0.6) is 0 Å². The molecule has 1 aromatic rings. The smallest absolute Gasteiger partial charge is 0.191 e. The van der Waals surface area contributed by atoms with Crippen LogP contribution in [-0.4, -0.2) is 74.8 Å². The Morgan fingerprint density at radius 3 is 2.46 bits per heavy atom. The van der Waals surface area contributed by atoms with Gasteiger partial charge in [-0.05, 0) is 31.5 Å². The van der Waals surface area contributed by atoms with Gasteiger partial charge in [-0.1, -0.05) is 31.2 Å². The van der Waals surface area contributed by atoms with Crippen LogP contribution < -0.4 is 10.6 Å². The molecule has 1 aliphatic rings. The second-order valence-electron chi connectivity index (χ2n) is 7.23. The topological polar surface area (TPSA) is 52.1 Å². The van der Waals surface area contributed by atoms with E-state index in [1.54, 1.807) is 0 Å². The number of rotatable bonds is 9. The minimum Gasteiger partial charge on any atom is -0.379 e. The summed E-state index contributed by atoms with van der Waals surface area (Å²) in [7, 11) is 1.83. The van der Waals surface area contributed by atoms with Crippen LogP contribution in [0.4, 0.5) is 0 Å². The molecular formula is C21H38IN5O. The lowest BCUT2D eigenvalue weighted by Crippen LogP contribution is -2.43. The average molecular weight is 503 g/mol. The molecule has 0 unspecified atom stereocenters. The standard InChI is InChI=1S/C21H37N5O.HI/c1-5-26(18(2)3)11-10-23-21(22-4)24-16-19-8-6-7-9-20(19)17-25-12-14-27-15-13-25;/h6-9,18H,5,10-17H2,1-4H3,(H2,22,23,24);1H. The lowest BCUT2D eigenvalue weighted by molar-refractivity contribution is 0.0341. The molecule has 7 heteroatoms. The first-order valence-corrected chi connectivity index (χ1v) is 10.2. The van der Waals surface area contributed by atoms with Crippen molar-refractivity contribution in [2.75, 3.05) is 53.0 Å². The zero-order valence-electron chi connectivity index (χ0n) is 17.9. The summed E-state index contributed by atoms with van der Waals surface area (Å²) in [6, 6.07) is 9.23. The van der Waals surface area contributed by atoms with Crippen molar-refractivity contribution in [3.63, 3.8) is 0 Å². The van der Waals surface area contributed by atoms with Gasteiger partial charge in [0.15, 0.2) is 5.96 Å². The predicted octanol–water partition coefficient (Wildman–Crippen LogP) is 2.53. The summed E-state index contributed by atoms with van der Waals surface area (Å²) < 4.78 is 5.46. The molecular weight excluding hydrogens is 465 g/mol. The highest BCUT2D eigenvalue weighted by atomic mass is 127. The number of ether oxygens (including phenoxy) is 1. The van der Waals surface area contributed by atoms with E-state index >= 15 is 0 Å². The Labute approximate surface area is 188 Å². The minimum absolute atomic E-state index is 0. The highest BCUT2D eigenvalue weighted by molar-refractivity contribution is 14.0. The molecule has 0 aromatic heterocycles. The molecule has 160 valence electrons. The fourth-order valence-corrected chi connectivity index (χ4v) is 3.38. The molecule has 2 rings (SSSR count). The maximum absolute atomic E-state index is 5.46. The largest absolute Gasteiger partial charge is 0.379 e. The summed E-state index contributed by atoms with van der Waals surface area (Å²) in [5.41, 5.74) is 2.70. The molecule has 6 nitrogen and oxygen atoms in total. The number of hydrogen-bond acceptors (Lipinski definition) is 4. The number of guanidine groups is 1. The molecule has 0 bridgehead atoms. The van der Waals surface area contributed by atoms with Crippen LogP contribution in [-0.2, 0) is 17.8 Å². The number of benzene rings is 1. The second kappa shape index (κ2) is 14.1. The molecule has 0 amide bonds. The van der Waals surface area contributed by atoms with Gasteiger partial charge in [0.05, 0.1) is 13.2 Å². The van der Waals surface area contributed by atoms with E-state index in [4.69, 9.17) is 4.74 Å². The van der Waals surface area contributed by atoms with Gasteiger partial charge in [-0.15, -0.1) is 24.0 Å². The number of likely N-dealkylation sites (N-methyl/N-ethyl adjacent to an activating group) is 1. The Morgan fingerprint density at radius 2 is 1.86 bits per heavy atom. The van der Waals surface area contributed by atoms with Gasteiger partial charge in [0.2, 0.25) is 0 Å². The summed E-state index contributed by atoms with van der Waals surface area (Å²) in [6.45, 7) is 15.1. The van der Waals surface area contributed by atoms with Crippen molar-refractivity contribution in [1.82, 2.24) is 20.4 Å². The molecule has 2 N–H and O–H groups in total. The first kappa shape index (κ1) is 25.1. The third kappa shape index (κ3) is 8.63. The fraction of sp³-hybridized carbons (Fsp3) is 0.667. The van der Waals surface area contributed by atoms with Crippen LogP contribution in [0.1, 0.15) is 31.9 Å². The molecule has 0 atom stereocenters. The number of hydrogen-bond donors (Lipinski definition) is 2. The van der Waals surface area contributed by atoms with Crippen LogP contribution in [0.25, 0.3) is 0 Å². The summed E-state index contributed by atoms with van der Waals surface area (Å²) in [5, 5.41) is 6.89. The lowest BCUT2D eigenvalue weighted by atomic mass is 10.1. The Kier molecular flexibility index (Phi) is 12.7. The Bertz CT molecular complexity index is 576. The van der Waals surface area contributed by atoms with Gasteiger partial charge < -0.3 is 15.4 Å². The average Bonchev–Trinajstić information content (AvgIpc) is 2.69. The fourth-order valence-electron chi connectivity index (χ4n) is 3.38. The van der Waals surface area contributed by atoms with Crippen LogP contribution in [0, 0.1) is 0 Å². The van der Waals surface area contributed by atoms with Gasteiger partial charge in [0.25, 0.3) is 0 Å². The molecule has 1 aliphatic heterocycles. The molecule has 1 saturated heterocycles. The van der Waals surface area contributed by atoms with Crippen molar-refractivity contribution >= 4 is 29.9 Å². The van der Waals surface area contributed by atoms with E-state index in [9.17, 15) is 0 Å². The van der Waals surface area contributed by atoms with Gasteiger partial charge >= 0.3 is 0 Å². The highest BCUT2D eigenvalue weighted by Gasteiger charge is 2.13. The van der Waals surface area contributed by atoms with Crippen molar-refractivity contribution < 1.29 is 4.74 Å². The molecule has 28 heavy (non-hydrogen) atoms. The Morgan fingerprint density at radius 1 is 1.18 bits per heavy atom. The van der Waals surface area contributed by atoms with Crippen molar-refractivity contribution in [2.24, 2.45) is 4.99 Å². The number of nitrogens with one attached hydrogen (secondary N) is 2. The number of halogens is 1. The number of aliphatic imine (C=N–C) groups is 1. The van der Waals surface area contributed by atoms with Crippen LogP contribution in [0.2, 0.25) is 0 Å². The van der Waals surface area contributed by atoms with E-state index in [0.717, 1.165) is 65.0 Å². The summed E-state index contributed by atoms with van der Waals surface area (Å²) in [5.74, 6) is 0.857. The van der Waals surface area contributed by atoms with Crippen molar-refractivity contribution in [2.45, 2.75) is 39.9 Å². The molecule has 1 aromatic carbocycles. The SMILES string of the molecule is CCN(CCNC(=NC)NCc1ccccc1CN1CCOCC1)C(C)C.I. The van der Waals surface area contributed by atoms with Gasteiger partial charge in [-0.3, -0.25) is 14.8 Å². The zero-order valence-corrected chi connectivity index (χ0v) is 20.2. The number of morpholine rings is 1. The van der Waals surface area contributed by atoms with Crippen molar-refractivity contribution in [3.05, 3.63) is 35.4 Å². The molecule has 1 fully saturated rings. The van der Waals surface area contributed by atoms with Crippen molar-refractivity contribution in [3.8, 4) is 0 Å². The lowest BCUT2D eigenvalue weighted by Gasteiger charge is -2.27. The molecule has 0 saturated carbocycles. The molecule has 1 heterocycles. The van der Waals surface area contributed by atoms with E-state index < -0.39 is 0 Å². The van der Waals surface area contributed by atoms with E-state index in [2.05, 4.69) is 70.5 Å².